The Morgan fingerprint density at radius 1 is 0.611 bits per heavy atom. The molecule has 0 spiro atoms. The molecule has 0 amide bonds. The van der Waals surface area contributed by atoms with Crippen LogP contribution in [0.1, 0.15) is 181 Å². The maximum absolute atomic E-state index is 14.0. The number of carbonyl (C=O) groups excluding carboxylic acids is 1. The number of rotatable bonds is 16. The van der Waals surface area contributed by atoms with Gasteiger partial charge in [-0.25, -0.2) is 0 Å². The van der Waals surface area contributed by atoms with Gasteiger partial charge in [0.2, 0.25) is 0 Å². The lowest BCUT2D eigenvalue weighted by atomic mass is 9.49. The second-order valence-electron chi connectivity index (χ2n) is 13.2. The lowest BCUT2D eigenvalue weighted by Crippen LogP contribution is -2.52. The first-order valence-corrected chi connectivity index (χ1v) is 16.8. The van der Waals surface area contributed by atoms with Crippen molar-refractivity contribution in [3.8, 4) is 0 Å². The van der Waals surface area contributed by atoms with E-state index in [-0.39, 0.29) is 16.8 Å². The van der Waals surface area contributed by atoms with E-state index in [9.17, 15) is 4.79 Å². The maximum Gasteiger partial charge on any atom is 0.312 e. The van der Waals surface area contributed by atoms with Gasteiger partial charge in [-0.05, 0) is 68.6 Å². The van der Waals surface area contributed by atoms with Crippen LogP contribution in [-0.2, 0) is 9.53 Å². The Balaban J connectivity index is 1.59. The molecule has 0 N–H and O–H groups in total. The van der Waals surface area contributed by atoms with E-state index in [0.29, 0.717) is 6.61 Å². The van der Waals surface area contributed by atoms with E-state index in [4.69, 9.17) is 4.74 Å². The molecule has 3 aliphatic carbocycles. The van der Waals surface area contributed by atoms with Crippen LogP contribution in [0.2, 0.25) is 0 Å². The summed E-state index contributed by atoms with van der Waals surface area (Å²) in [4.78, 5) is 14.0. The second kappa shape index (κ2) is 16.4. The Kier molecular flexibility index (Phi) is 13.7. The average molecular weight is 503 g/mol. The largest absolute Gasteiger partial charge is 0.465 e. The first-order valence-electron chi connectivity index (χ1n) is 16.8. The van der Waals surface area contributed by atoms with Gasteiger partial charge < -0.3 is 4.74 Å². The van der Waals surface area contributed by atoms with Crippen LogP contribution in [-0.4, -0.2) is 12.6 Å². The summed E-state index contributed by atoms with van der Waals surface area (Å²) < 4.78 is 6.22. The van der Waals surface area contributed by atoms with Crippen molar-refractivity contribution in [3.63, 3.8) is 0 Å². The van der Waals surface area contributed by atoms with Crippen LogP contribution >= 0.6 is 0 Å². The maximum atomic E-state index is 14.0. The molecule has 36 heavy (non-hydrogen) atoms. The highest BCUT2D eigenvalue weighted by Crippen LogP contribution is 2.61. The van der Waals surface area contributed by atoms with Crippen molar-refractivity contribution in [2.45, 2.75) is 181 Å². The molecule has 0 aliphatic heterocycles. The van der Waals surface area contributed by atoms with Crippen molar-refractivity contribution in [1.29, 1.82) is 0 Å². The normalized spacial score (nSPS) is 27.1. The molecule has 0 unspecified atom stereocenters. The van der Waals surface area contributed by atoms with Crippen LogP contribution in [0.3, 0.4) is 0 Å². The number of esters is 1. The molecule has 0 heterocycles. The van der Waals surface area contributed by atoms with Gasteiger partial charge in [0.05, 0.1) is 12.0 Å². The van der Waals surface area contributed by atoms with Crippen LogP contribution in [0.4, 0.5) is 0 Å². The monoisotopic (exact) mass is 502 g/mol. The van der Waals surface area contributed by atoms with E-state index in [0.717, 1.165) is 31.1 Å². The van der Waals surface area contributed by atoms with Gasteiger partial charge in [-0.15, -0.1) is 0 Å². The number of carbonyl (C=O) groups is 1. The van der Waals surface area contributed by atoms with E-state index in [1.807, 2.05) is 0 Å². The Morgan fingerprint density at radius 3 is 1.78 bits per heavy atom. The van der Waals surface area contributed by atoms with Crippen molar-refractivity contribution >= 4 is 5.97 Å². The lowest BCUT2D eigenvalue weighted by Gasteiger charge is -2.55. The summed E-state index contributed by atoms with van der Waals surface area (Å²) in [6.45, 7) is 5.26. The van der Waals surface area contributed by atoms with Gasteiger partial charge in [0, 0.05) is 0 Å². The van der Waals surface area contributed by atoms with Crippen LogP contribution in [0.5, 0.6) is 0 Å². The number of hydrogen-bond acceptors (Lipinski definition) is 2. The van der Waals surface area contributed by atoms with Crippen LogP contribution in [0.15, 0.2) is 0 Å². The molecule has 3 aliphatic rings. The minimum atomic E-state index is -0.184. The fourth-order valence-corrected chi connectivity index (χ4v) is 8.60. The topological polar surface area (TPSA) is 26.3 Å². The molecule has 3 fully saturated rings. The quantitative estimate of drug-likeness (QED) is 0.155. The van der Waals surface area contributed by atoms with E-state index in [1.54, 1.807) is 0 Å². The van der Waals surface area contributed by atoms with Crippen molar-refractivity contribution < 1.29 is 9.53 Å². The summed E-state index contributed by atoms with van der Waals surface area (Å²) in [5.41, 5.74) is 0.0286. The smallest absolute Gasteiger partial charge is 0.312 e. The van der Waals surface area contributed by atoms with Gasteiger partial charge >= 0.3 is 5.97 Å². The molecule has 210 valence electrons. The third kappa shape index (κ3) is 8.23. The minimum Gasteiger partial charge on any atom is -0.465 e. The van der Waals surface area contributed by atoms with E-state index in [2.05, 4.69) is 13.8 Å². The van der Waals surface area contributed by atoms with E-state index in [1.165, 1.54) is 148 Å². The van der Waals surface area contributed by atoms with Crippen molar-refractivity contribution in [2.75, 3.05) is 6.61 Å². The molecule has 3 rings (SSSR count). The predicted octanol–water partition coefficient (Wildman–Crippen LogP) is 11.0. The van der Waals surface area contributed by atoms with Crippen molar-refractivity contribution in [2.24, 2.45) is 22.7 Å². The fourth-order valence-electron chi connectivity index (χ4n) is 8.60. The summed E-state index contributed by atoms with van der Waals surface area (Å²) in [6, 6.07) is 0. The summed E-state index contributed by atoms with van der Waals surface area (Å²) in [6.07, 6.45) is 34.2. The van der Waals surface area contributed by atoms with Crippen LogP contribution in [0.25, 0.3) is 0 Å². The number of ether oxygens (including phenoxy) is 1. The molecule has 2 heteroatoms. The Morgan fingerprint density at radius 2 is 1.14 bits per heavy atom. The molecule has 0 atom stereocenters. The van der Waals surface area contributed by atoms with Gasteiger partial charge in [-0.3, -0.25) is 4.79 Å². The van der Waals surface area contributed by atoms with Crippen LogP contribution < -0.4 is 0 Å². The molecular formula is C34H62O2. The standard InChI is InChI=1S/C34H62O2/c1-3-5-7-8-9-10-11-19-29-36-32(35)34(25-17-13-18-26-34)33(24-16-6-4-2)27-22-31(23-28-33)30-20-14-12-15-21-30/h30-31H,3-29H2,1-2H3/t31-,33+. The molecule has 0 aromatic heterocycles. The van der Waals surface area contributed by atoms with E-state index < -0.39 is 0 Å². The van der Waals surface area contributed by atoms with Gasteiger partial charge in [0.15, 0.2) is 0 Å². The molecule has 2 nitrogen and oxygen atoms in total. The molecule has 0 aromatic rings. The highest BCUT2D eigenvalue weighted by atomic mass is 16.5. The van der Waals surface area contributed by atoms with Gasteiger partial charge in [-0.2, -0.15) is 0 Å². The highest BCUT2D eigenvalue weighted by Gasteiger charge is 2.57. The van der Waals surface area contributed by atoms with Gasteiger partial charge in [0.1, 0.15) is 0 Å². The van der Waals surface area contributed by atoms with Gasteiger partial charge in [0.25, 0.3) is 0 Å². The summed E-state index contributed by atoms with van der Waals surface area (Å²) in [5, 5.41) is 0. The summed E-state index contributed by atoms with van der Waals surface area (Å²) >= 11 is 0. The van der Waals surface area contributed by atoms with Crippen molar-refractivity contribution in [1.82, 2.24) is 0 Å². The Hall–Kier alpha value is -0.530. The molecule has 0 bridgehead atoms. The van der Waals surface area contributed by atoms with Crippen LogP contribution in [0, 0.1) is 22.7 Å². The average Bonchev–Trinajstić information content (AvgIpc) is 2.93. The lowest BCUT2D eigenvalue weighted by molar-refractivity contribution is -0.175. The molecule has 0 aromatic carbocycles. The first-order chi connectivity index (χ1) is 17.7. The Labute approximate surface area is 225 Å². The minimum absolute atomic E-state index is 0.184. The second-order valence-corrected chi connectivity index (χ2v) is 13.2. The summed E-state index contributed by atoms with van der Waals surface area (Å²) in [5.74, 6) is 2.12. The van der Waals surface area contributed by atoms with Gasteiger partial charge in [-0.1, -0.05) is 129 Å². The fraction of sp³-hybridized carbons (Fsp3) is 0.971. The third-order valence-electron chi connectivity index (χ3n) is 10.9. The highest BCUT2D eigenvalue weighted by molar-refractivity contribution is 5.78. The predicted molar refractivity (Wildman–Crippen MR) is 154 cm³/mol. The number of hydrogen-bond donors (Lipinski definition) is 0. The van der Waals surface area contributed by atoms with Crippen molar-refractivity contribution in [3.05, 3.63) is 0 Å². The zero-order valence-electron chi connectivity index (χ0n) is 24.6. The molecular weight excluding hydrogens is 440 g/mol. The summed E-state index contributed by atoms with van der Waals surface area (Å²) in [7, 11) is 0. The Bertz CT molecular complexity index is 576. The van der Waals surface area contributed by atoms with E-state index >= 15 is 0 Å². The molecule has 3 saturated carbocycles. The molecule has 0 saturated heterocycles. The third-order valence-corrected chi connectivity index (χ3v) is 10.9. The zero-order valence-corrected chi connectivity index (χ0v) is 24.6. The molecule has 0 radical (unpaired) electrons. The SMILES string of the molecule is CCCCCCCCCCOC(=O)C1([C@]2(CCCCC)CC[C@H](C3CCCCC3)CC2)CCCCC1. The first kappa shape index (κ1) is 30.0. The number of unbranched alkanes of at least 4 members (excludes halogenated alkanes) is 9. The zero-order chi connectivity index (χ0) is 25.5.